The van der Waals surface area contributed by atoms with Crippen LogP contribution in [0.5, 0.6) is 0 Å². The third kappa shape index (κ3) is 3.02. The lowest BCUT2D eigenvalue weighted by Crippen LogP contribution is -2.10. The molecule has 3 N–H and O–H groups in total. The summed E-state index contributed by atoms with van der Waals surface area (Å²) in [4.78, 5) is 13.2. The Morgan fingerprint density at radius 1 is 1.04 bits per heavy atom. The van der Waals surface area contributed by atoms with E-state index in [2.05, 4.69) is 65.2 Å². The van der Waals surface area contributed by atoms with Crippen LogP contribution in [0.15, 0.2) is 59.9 Å². The van der Waals surface area contributed by atoms with E-state index in [9.17, 15) is 0 Å². The lowest BCUT2D eigenvalue weighted by Gasteiger charge is -2.10. The van der Waals surface area contributed by atoms with Gasteiger partial charge in [0, 0.05) is 47.5 Å². The summed E-state index contributed by atoms with van der Waals surface area (Å²) in [5.41, 5.74) is 12.7. The highest BCUT2D eigenvalue weighted by atomic mass is 32.1. The Morgan fingerprint density at radius 2 is 1.96 bits per heavy atom. The molecule has 0 atom stereocenters. The summed E-state index contributed by atoms with van der Waals surface area (Å²) in [5.74, 6) is 0.782. The molecule has 5 rings (SSSR count). The highest BCUT2D eigenvalue weighted by Gasteiger charge is 2.10. The molecule has 28 heavy (non-hydrogen) atoms. The summed E-state index contributed by atoms with van der Waals surface area (Å²) in [6, 6.07) is 10.4. The van der Waals surface area contributed by atoms with Crippen LogP contribution in [0.2, 0.25) is 0 Å². The Hall–Kier alpha value is -3.23. The van der Waals surface area contributed by atoms with Gasteiger partial charge in [0.05, 0.1) is 23.3 Å². The zero-order valence-electron chi connectivity index (χ0n) is 15.1. The van der Waals surface area contributed by atoms with Crippen molar-refractivity contribution in [2.75, 3.05) is 11.9 Å². The highest BCUT2D eigenvalue weighted by Crippen LogP contribution is 2.27. The first-order chi connectivity index (χ1) is 13.8. The van der Waals surface area contributed by atoms with Crippen LogP contribution in [0.3, 0.4) is 0 Å². The molecule has 5 aromatic rings. The molecular formula is C20H19N7S. The fourth-order valence-electron chi connectivity index (χ4n) is 3.49. The minimum Gasteiger partial charge on any atom is -0.342 e. The molecule has 1 aromatic carbocycles. The molecule has 7 nitrogen and oxygen atoms in total. The number of aromatic nitrogens is 5. The number of nitrogens with zero attached hydrogens (tertiary/aromatic N) is 5. The molecule has 0 aliphatic heterocycles. The first kappa shape index (κ1) is 16.9. The van der Waals surface area contributed by atoms with Crippen molar-refractivity contribution in [3.05, 3.63) is 65.6 Å². The number of benzene rings is 1. The number of hydrogen-bond donors (Lipinski definition) is 2. The third-order valence-electron chi connectivity index (χ3n) is 4.77. The van der Waals surface area contributed by atoms with E-state index in [-0.39, 0.29) is 0 Å². The normalized spacial score (nSPS) is 11.5. The molecule has 0 saturated carbocycles. The van der Waals surface area contributed by atoms with Crippen LogP contribution in [-0.4, -0.2) is 30.6 Å². The number of nitrogens with one attached hydrogen (secondary N) is 1. The number of fused-ring (bicyclic) bond motifs is 2. The zero-order valence-corrected chi connectivity index (χ0v) is 15.9. The van der Waals surface area contributed by atoms with Crippen molar-refractivity contribution in [2.45, 2.75) is 13.1 Å². The number of thiazole rings is 1. The van der Waals surface area contributed by atoms with Crippen LogP contribution >= 0.6 is 11.3 Å². The summed E-state index contributed by atoms with van der Waals surface area (Å²) in [7, 11) is 0. The van der Waals surface area contributed by atoms with Gasteiger partial charge in [-0.3, -0.25) is 0 Å². The smallest absolute Gasteiger partial charge is 0.158 e. The maximum absolute atomic E-state index is 5.74. The lowest BCUT2D eigenvalue weighted by molar-refractivity contribution is 0.735. The van der Waals surface area contributed by atoms with E-state index in [1.54, 1.807) is 17.7 Å². The van der Waals surface area contributed by atoms with Gasteiger partial charge in [-0.2, -0.15) is 0 Å². The summed E-state index contributed by atoms with van der Waals surface area (Å²) >= 11 is 1.62. The molecule has 140 valence electrons. The van der Waals surface area contributed by atoms with Gasteiger partial charge in [0.25, 0.3) is 0 Å². The summed E-state index contributed by atoms with van der Waals surface area (Å²) in [6.07, 6.45) is 5.68. The van der Waals surface area contributed by atoms with E-state index in [1.165, 1.54) is 10.9 Å². The largest absolute Gasteiger partial charge is 0.342 e. The van der Waals surface area contributed by atoms with Gasteiger partial charge in [-0.1, -0.05) is 0 Å². The van der Waals surface area contributed by atoms with Gasteiger partial charge in [0.15, 0.2) is 5.82 Å². The minimum absolute atomic E-state index is 0.566. The molecule has 0 fully saturated rings. The van der Waals surface area contributed by atoms with Crippen molar-refractivity contribution in [3.63, 3.8) is 0 Å². The van der Waals surface area contributed by atoms with Crippen molar-refractivity contribution >= 4 is 44.8 Å². The van der Waals surface area contributed by atoms with Gasteiger partial charge >= 0.3 is 0 Å². The maximum atomic E-state index is 5.74. The van der Waals surface area contributed by atoms with Crippen molar-refractivity contribution in [2.24, 2.45) is 5.73 Å². The van der Waals surface area contributed by atoms with Crippen LogP contribution in [-0.2, 0) is 13.1 Å². The van der Waals surface area contributed by atoms with Crippen LogP contribution in [0.25, 0.3) is 21.9 Å². The van der Waals surface area contributed by atoms with Gasteiger partial charge < -0.3 is 20.2 Å². The molecule has 0 aliphatic rings. The molecule has 4 aromatic heterocycles. The standard InChI is InChI=1S/C20H19N7S/c21-5-8-26-7-4-17-19(26)20(23-12-22-17)25-15-1-2-18-14(9-15)3-6-27(18)10-16-11-28-13-24-16/h1-4,6-7,9,11-13H,5,8,10,21H2,(H,22,23,25). The molecule has 0 spiro atoms. The second kappa shape index (κ2) is 7.06. The predicted molar refractivity (Wildman–Crippen MR) is 113 cm³/mol. The SMILES string of the molecule is NCCn1ccc2ncnc(Nc3ccc4c(ccn4Cc4cscn4)c3)c21. The molecule has 0 aliphatic carbocycles. The Morgan fingerprint density at radius 3 is 2.82 bits per heavy atom. The Labute approximate surface area is 165 Å². The molecule has 0 saturated heterocycles. The van der Waals surface area contributed by atoms with Gasteiger partial charge in [-0.25, -0.2) is 15.0 Å². The predicted octanol–water partition coefficient (Wildman–Crippen LogP) is 3.59. The van der Waals surface area contributed by atoms with E-state index in [0.29, 0.717) is 6.54 Å². The molecule has 0 radical (unpaired) electrons. The fourth-order valence-corrected chi connectivity index (χ4v) is 4.04. The molecular weight excluding hydrogens is 370 g/mol. The molecule has 0 amide bonds. The Balaban J connectivity index is 1.47. The van der Waals surface area contributed by atoms with Gasteiger partial charge in [0.1, 0.15) is 11.8 Å². The zero-order chi connectivity index (χ0) is 18.9. The van der Waals surface area contributed by atoms with E-state index < -0.39 is 0 Å². The summed E-state index contributed by atoms with van der Waals surface area (Å²) in [5, 5.41) is 6.70. The van der Waals surface area contributed by atoms with E-state index in [4.69, 9.17) is 5.73 Å². The van der Waals surface area contributed by atoms with Crippen molar-refractivity contribution < 1.29 is 0 Å². The lowest BCUT2D eigenvalue weighted by atomic mass is 10.2. The second-order valence-electron chi connectivity index (χ2n) is 6.58. The molecule has 4 heterocycles. The maximum Gasteiger partial charge on any atom is 0.158 e. The topological polar surface area (TPSA) is 86.6 Å². The van der Waals surface area contributed by atoms with Crippen molar-refractivity contribution in [1.82, 2.24) is 24.1 Å². The van der Waals surface area contributed by atoms with Crippen molar-refractivity contribution in [1.29, 1.82) is 0 Å². The molecule has 8 heteroatoms. The summed E-state index contributed by atoms with van der Waals surface area (Å²) < 4.78 is 4.30. The number of anilines is 2. The first-order valence-corrected chi connectivity index (χ1v) is 9.99. The first-order valence-electron chi connectivity index (χ1n) is 9.05. The molecule has 0 bridgehead atoms. The quantitative estimate of drug-likeness (QED) is 0.463. The van der Waals surface area contributed by atoms with Gasteiger partial charge in [0.2, 0.25) is 0 Å². The monoisotopic (exact) mass is 389 g/mol. The Kier molecular flexibility index (Phi) is 4.27. The number of nitrogens with two attached hydrogens (primary N) is 1. The number of rotatable bonds is 6. The van der Waals surface area contributed by atoms with Crippen molar-refractivity contribution in [3.8, 4) is 0 Å². The summed E-state index contributed by atoms with van der Waals surface area (Å²) in [6.45, 7) is 2.07. The van der Waals surface area contributed by atoms with Crippen LogP contribution in [0, 0.1) is 0 Å². The average molecular weight is 389 g/mol. The highest BCUT2D eigenvalue weighted by molar-refractivity contribution is 7.07. The second-order valence-corrected chi connectivity index (χ2v) is 7.29. The van der Waals surface area contributed by atoms with Crippen LogP contribution in [0.4, 0.5) is 11.5 Å². The minimum atomic E-state index is 0.566. The van der Waals surface area contributed by atoms with Crippen LogP contribution < -0.4 is 11.1 Å². The van der Waals surface area contributed by atoms with E-state index in [1.807, 2.05) is 17.8 Å². The van der Waals surface area contributed by atoms with E-state index >= 15 is 0 Å². The number of hydrogen-bond acceptors (Lipinski definition) is 6. The average Bonchev–Trinajstić information content (AvgIpc) is 3.44. The fraction of sp³-hybridized carbons (Fsp3) is 0.150. The van der Waals surface area contributed by atoms with Gasteiger partial charge in [-0.05, 0) is 30.3 Å². The third-order valence-corrected chi connectivity index (χ3v) is 5.40. The van der Waals surface area contributed by atoms with Gasteiger partial charge in [-0.15, -0.1) is 11.3 Å². The van der Waals surface area contributed by atoms with E-state index in [0.717, 1.165) is 41.3 Å². The molecule has 0 unspecified atom stereocenters. The van der Waals surface area contributed by atoms with Crippen LogP contribution in [0.1, 0.15) is 5.69 Å². The Bertz CT molecular complexity index is 1240.